The average Bonchev–Trinajstić information content (AvgIpc) is 1.12. The van der Waals surface area contributed by atoms with Gasteiger partial charge in [-0.15, -0.1) is 0 Å². The van der Waals surface area contributed by atoms with Crippen molar-refractivity contribution in [1.82, 2.24) is 0 Å². The minimum absolute atomic E-state index is 0. The van der Waals surface area contributed by atoms with E-state index in [9.17, 15) is 0 Å². The first-order valence-electron chi connectivity index (χ1n) is 1.57. The van der Waals surface area contributed by atoms with Crippen molar-refractivity contribution < 1.29 is 131 Å². The van der Waals surface area contributed by atoms with Crippen molar-refractivity contribution in [3.05, 3.63) is 0 Å². The van der Waals surface area contributed by atoms with Gasteiger partial charge in [0.15, 0.2) is 0 Å². The van der Waals surface area contributed by atoms with Crippen LogP contribution in [0, 0.1) is 0 Å². The first-order chi connectivity index (χ1) is 4.00. The molecule has 0 rings (SSSR count). The topological polar surface area (TPSA) is 156 Å². The third-order valence-corrected chi connectivity index (χ3v) is 0. The molecule has 0 amide bonds. The van der Waals surface area contributed by atoms with Crippen molar-refractivity contribution in [3.8, 4) is 0 Å². The first kappa shape index (κ1) is 29.8. The van der Waals surface area contributed by atoms with Crippen LogP contribution < -0.4 is 88.7 Å². The second-order valence-corrected chi connectivity index (χ2v) is 3.08. The minimum Gasteiger partial charge on any atom is -1.00 e. The molecule has 0 heterocycles. The Labute approximate surface area is 145 Å². The maximum absolute atomic E-state index is 8.88. The van der Waals surface area contributed by atoms with E-state index in [1.54, 1.807) is 0 Å². The minimum atomic E-state index is -4.64. The van der Waals surface area contributed by atoms with Gasteiger partial charge in [0.25, 0.3) is 0 Å². The maximum Gasteiger partial charge on any atom is 1.00 e. The Balaban J connectivity index is -0.00000000970. The van der Waals surface area contributed by atoms with E-state index in [4.69, 9.17) is 38.5 Å². The summed E-state index contributed by atoms with van der Waals surface area (Å²) in [6.45, 7) is 0. The summed E-state index contributed by atoms with van der Waals surface area (Å²) in [5.41, 5.74) is 0. The molecule has 6 N–H and O–H groups in total. The number of rotatable bonds is 0. The van der Waals surface area contributed by atoms with Gasteiger partial charge in [-0.2, -0.15) is 0 Å². The van der Waals surface area contributed by atoms with Crippen LogP contribution in [-0.2, 0) is 9.13 Å². The molecule has 0 aliphatic heterocycles. The third-order valence-electron chi connectivity index (χ3n) is 0. The molecular formula is H9Na3O8P2. The average molecular weight is 268 g/mol. The zero-order valence-corrected chi connectivity index (χ0v) is 15.2. The fourth-order valence-electron chi connectivity index (χ4n) is 0. The molecule has 0 bridgehead atoms. The van der Waals surface area contributed by atoms with Gasteiger partial charge in [0, 0.05) is 0 Å². The molecule has 0 saturated heterocycles. The van der Waals surface area contributed by atoms with Crippen LogP contribution in [0.4, 0.5) is 0 Å². The molecule has 0 spiro atoms. The van der Waals surface area contributed by atoms with E-state index in [0.717, 1.165) is 0 Å². The fraction of sp³-hybridized carbons (Fsp3) is 0. The van der Waals surface area contributed by atoms with Crippen molar-refractivity contribution >= 4 is 15.6 Å². The zero-order valence-electron chi connectivity index (χ0n) is 10.4. The second-order valence-electron chi connectivity index (χ2n) is 1.03. The van der Waals surface area contributed by atoms with E-state index in [-0.39, 0.29) is 93.0 Å². The van der Waals surface area contributed by atoms with Gasteiger partial charge in [0.2, 0.25) is 0 Å². The Morgan fingerprint density at radius 2 is 0.615 bits per heavy atom. The Bertz CT molecular complexity index is 141. The fourth-order valence-corrected chi connectivity index (χ4v) is 0. The number of hydrogen-bond acceptors (Lipinski definition) is 2. The predicted molar refractivity (Wildman–Crippen MR) is 31.9 cm³/mol. The number of phosphoric acid groups is 2. The molecule has 0 unspecified atom stereocenters. The zero-order chi connectivity index (χ0) is 9.00. The Hall–Kier alpha value is 3.22. The predicted octanol–water partition coefficient (Wildman–Crippen LogP) is -10.5. The van der Waals surface area contributed by atoms with Crippen molar-refractivity contribution in [2.24, 2.45) is 0 Å². The standard InChI is InChI=1S/3Na.2H3O4P.3H/c;;;2*1-5(2,3)4;;;/h;;;2*(H3,1,2,3,4);;;/q3*+1;;;3*-1. The van der Waals surface area contributed by atoms with Gasteiger partial charge < -0.3 is 33.6 Å². The third kappa shape index (κ3) is 257. The van der Waals surface area contributed by atoms with Crippen LogP contribution in [0.3, 0.4) is 0 Å². The monoisotopic (exact) mass is 268 g/mol. The van der Waals surface area contributed by atoms with Gasteiger partial charge in [-0.1, -0.05) is 0 Å². The van der Waals surface area contributed by atoms with Crippen LogP contribution >= 0.6 is 15.6 Å². The van der Waals surface area contributed by atoms with E-state index in [1.165, 1.54) is 0 Å². The molecular weight excluding hydrogens is 259 g/mol. The first-order valence-corrected chi connectivity index (χ1v) is 4.70. The molecule has 0 aromatic rings. The molecule has 0 atom stereocenters. The summed E-state index contributed by atoms with van der Waals surface area (Å²) >= 11 is 0. The van der Waals surface area contributed by atoms with Gasteiger partial charge in [-0.25, -0.2) is 9.13 Å². The summed E-state index contributed by atoms with van der Waals surface area (Å²) in [5.74, 6) is 0. The van der Waals surface area contributed by atoms with E-state index in [0.29, 0.717) is 0 Å². The summed E-state index contributed by atoms with van der Waals surface area (Å²) in [6.07, 6.45) is 0. The van der Waals surface area contributed by atoms with E-state index >= 15 is 0 Å². The van der Waals surface area contributed by atoms with Crippen LogP contribution in [0.15, 0.2) is 0 Å². The molecule has 0 aromatic heterocycles. The molecule has 0 radical (unpaired) electrons. The Morgan fingerprint density at radius 3 is 0.615 bits per heavy atom. The van der Waals surface area contributed by atoms with Gasteiger partial charge in [-0.05, 0) is 0 Å². The molecule has 0 aliphatic rings. The van der Waals surface area contributed by atoms with Crippen molar-refractivity contribution in [2.45, 2.75) is 0 Å². The molecule has 13 heteroatoms. The van der Waals surface area contributed by atoms with Gasteiger partial charge in [0.05, 0.1) is 0 Å². The molecule has 13 heavy (non-hydrogen) atoms. The van der Waals surface area contributed by atoms with Crippen molar-refractivity contribution in [3.63, 3.8) is 0 Å². The largest absolute Gasteiger partial charge is 1.00 e. The summed E-state index contributed by atoms with van der Waals surface area (Å²) in [4.78, 5) is 43.1. The van der Waals surface area contributed by atoms with Crippen LogP contribution in [0.25, 0.3) is 0 Å². The number of hydrogen-bond donors (Lipinski definition) is 6. The Kier molecular flexibility index (Phi) is 30.5. The SMILES string of the molecule is O=P(O)(O)O.O=P(O)(O)O.[H-].[H-].[H-].[Na+].[Na+].[Na+]. The normalized spacial score (nSPS) is 9.08. The van der Waals surface area contributed by atoms with E-state index in [1.807, 2.05) is 0 Å². The Morgan fingerprint density at radius 1 is 0.615 bits per heavy atom. The molecule has 0 saturated carbocycles. The van der Waals surface area contributed by atoms with Gasteiger partial charge in [0.1, 0.15) is 0 Å². The van der Waals surface area contributed by atoms with Gasteiger partial charge >= 0.3 is 104 Å². The van der Waals surface area contributed by atoms with Gasteiger partial charge in [-0.3, -0.25) is 0 Å². The smallest absolute Gasteiger partial charge is 1.00 e. The molecule has 0 fully saturated rings. The molecule has 0 aromatic carbocycles. The quantitative estimate of drug-likeness (QED) is 0.187. The summed E-state index contributed by atoms with van der Waals surface area (Å²) in [7, 11) is -9.28. The summed E-state index contributed by atoms with van der Waals surface area (Å²) in [5, 5.41) is 0. The van der Waals surface area contributed by atoms with Crippen LogP contribution in [0.2, 0.25) is 0 Å². The van der Waals surface area contributed by atoms with Crippen LogP contribution in [-0.4, -0.2) is 29.4 Å². The van der Waals surface area contributed by atoms with Crippen molar-refractivity contribution in [1.29, 1.82) is 0 Å². The molecule has 70 valence electrons. The second kappa shape index (κ2) is 13.3. The maximum atomic E-state index is 8.88. The van der Waals surface area contributed by atoms with Crippen LogP contribution in [0.1, 0.15) is 4.28 Å². The summed E-state index contributed by atoms with van der Waals surface area (Å²) < 4.78 is 17.8. The van der Waals surface area contributed by atoms with E-state index in [2.05, 4.69) is 0 Å². The van der Waals surface area contributed by atoms with Crippen molar-refractivity contribution in [2.75, 3.05) is 0 Å². The molecule has 0 aliphatic carbocycles. The van der Waals surface area contributed by atoms with E-state index < -0.39 is 15.6 Å². The molecule has 8 nitrogen and oxygen atoms in total. The van der Waals surface area contributed by atoms with Crippen LogP contribution in [0.5, 0.6) is 0 Å². The summed E-state index contributed by atoms with van der Waals surface area (Å²) in [6, 6.07) is 0.